The number of rotatable bonds is 8. The zero-order valence-corrected chi connectivity index (χ0v) is 13.6. The molecule has 1 aromatic rings. The highest BCUT2D eigenvalue weighted by Crippen LogP contribution is 2.34. The first-order valence-electron chi connectivity index (χ1n) is 7.40. The van der Waals surface area contributed by atoms with Crippen LogP contribution in [-0.2, 0) is 27.8 Å². The number of methoxy groups -OCH3 is 1. The van der Waals surface area contributed by atoms with Gasteiger partial charge >= 0.3 is 0 Å². The summed E-state index contributed by atoms with van der Waals surface area (Å²) in [5, 5.41) is 0. The highest BCUT2D eigenvalue weighted by molar-refractivity contribution is 7.89. The molecule has 1 aliphatic carbocycles. The smallest absolute Gasteiger partial charge is 0.242 e. The van der Waals surface area contributed by atoms with E-state index in [0.717, 1.165) is 37.9 Å². The largest absolute Gasteiger partial charge is 0.377 e. The molecule has 6 nitrogen and oxygen atoms in total. The second kappa shape index (κ2) is 6.48. The van der Waals surface area contributed by atoms with Crippen molar-refractivity contribution in [3.63, 3.8) is 0 Å². The van der Waals surface area contributed by atoms with Gasteiger partial charge in [-0.3, -0.25) is 0 Å². The summed E-state index contributed by atoms with van der Waals surface area (Å²) in [6, 6.07) is 1.65. The molecular weight excluding hydrogens is 290 g/mol. The molecule has 1 aromatic heterocycles. The zero-order valence-electron chi connectivity index (χ0n) is 12.8. The van der Waals surface area contributed by atoms with Crippen molar-refractivity contribution in [2.45, 2.75) is 56.2 Å². The first kappa shape index (κ1) is 16.5. The van der Waals surface area contributed by atoms with Crippen LogP contribution in [0.25, 0.3) is 0 Å². The van der Waals surface area contributed by atoms with Crippen molar-refractivity contribution in [3.8, 4) is 0 Å². The molecular formula is C14H25N3O3S. The first-order chi connectivity index (χ1) is 9.96. The molecule has 120 valence electrons. The van der Waals surface area contributed by atoms with Crippen LogP contribution in [0.5, 0.6) is 0 Å². The Morgan fingerprint density at radius 1 is 1.48 bits per heavy atom. The fourth-order valence-electron chi connectivity index (χ4n) is 2.63. The molecule has 0 bridgehead atoms. The van der Waals surface area contributed by atoms with Gasteiger partial charge in [-0.1, -0.05) is 6.92 Å². The van der Waals surface area contributed by atoms with Gasteiger partial charge in [0.25, 0.3) is 0 Å². The zero-order chi connectivity index (χ0) is 15.5. The fraction of sp³-hybridized carbons (Fsp3) is 0.714. The van der Waals surface area contributed by atoms with Gasteiger partial charge in [0.05, 0.1) is 10.5 Å². The van der Waals surface area contributed by atoms with E-state index >= 15 is 0 Å². The molecule has 1 fully saturated rings. The minimum atomic E-state index is -3.52. The number of sulfonamides is 1. The van der Waals surface area contributed by atoms with E-state index in [1.807, 2.05) is 11.5 Å². The van der Waals surface area contributed by atoms with Crippen LogP contribution in [0.3, 0.4) is 0 Å². The highest BCUT2D eigenvalue weighted by atomic mass is 32.2. The molecule has 0 spiro atoms. The van der Waals surface area contributed by atoms with Gasteiger partial charge < -0.3 is 15.0 Å². The molecule has 1 aliphatic rings. The molecule has 0 unspecified atom stereocenters. The van der Waals surface area contributed by atoms with Crippen molar-refractivity contribution >= 4 is 10.0 Å². The van der Waals surface area contributed by atoms with Crippen LogP contribution < -0.4 is 10.5 Å². The third-order valence-corrected chi connectivity index (χ3v) is 5.60. The predicted octanol–water partition coefficient (Wildman–Crippen LogP) is 1.20. The molecule has 0 saturated heterocycles. The number of ether oxygens (including phenoxy) is 1. The lowest BCUT2D eigenvalue weighted by Crippen LogP contribution is -2.49. The molecule has 2 rings (SSSR count). The van der Waals surface area contributed by atoms with Crippen molar-refractivity contribution in [2.24, 2.45) is 5.73 Å². The Kier molecular flexibility index (Phi) is 5.08. The highest BCUT2D eigenvalue weighted by Gasteiger charge is 2.38. The summed E-state index contributed by atoms with van der Waals surface area (Å²) in [5.74, 6) is 0. The van der Waals surface area contributed by atoms with E-state index in [1.165, 1.54) is 0 Å². The lowest BCUT2D eigenvalue weighted by atomic mass is 9.80. The lowest BCUT2D eigenvalue weighted by molar-refractivity contribution is -0.0659. The van der Waals surface area contributed by atoms with E-state index in [-0.39, 0.29) is 10.5 Å². The standard InChI is InChI=1S/C14H25N3O3S/c1-3-7-17-10-13(8-12(17)9-15)21(18,19)16-11-14(20-2)5-4-6-14/h8,10,16H,3-7,9,11,15H2,1-2H3. The fourth-order valence-corrected chi connectivity index (χ4v) is 3.80. The molecule has 7 heteroatoms. The van der Waals surface area contributed by atoms with Gasteiger partial charge in [0.1, 0.15) is 0 Å². The normalized spacial score (nSPS) is 17.7. The van der Waals surface area contributed by atoms with Crippen molar-refractivity contribution in [3.05, 3.63) is 18.0 Å². The van der Waals surface area contributed by atoms with Gasteiger partial charge in [-0.15, -0.1) is 0 Å². The number of aryl methyl sites for hydroxylation is 1. The third kappa shape index (κ3) is 3.48. The average molecular weight is 315 g/mol. The Balaban J connectivity index is 2.12. The molecule has 0 aromatic carbocycles. The molecule has 0 radical (unpaired) electrons. The van der Waals surface area contributed by atoms with Crippen LogP contribution in [0, 0.1) is 0 Å². The third-order valence-electron chi connectivity index (χ3n) is 4.23. The first-order valence-corrected chi connectivity index (χ1v) is 8.88. The van der Waals surface area contributed by atoms with Gasteiger partial charge in [-0.2, -0.15) is 0 Å². The monoisotopic (exact) mass is 315 g/mol. The number of aromatic nitrogens is 1. The van der Waals surface area contributed by atoms with Gasteiger partial charge in [0.2, 0.25) is 10.0 Å². The van der Waals surface area contributed by atoms with E-state index < -0.39 is 10.0 Å². The maximum absolute atomic E-state index is 12.4. The summed E-state index contributed by atoms with van der Waals surface area (Å²) in [6.07, 6.45) is 5.48. The minimum Gasteiger partial charge on any atom is -0.377 e. The van der Waals surface area contributed by atoms with Gasteiger partial charge in [0.15, 0.2) is 0 Å². The van der Waals surface area contributed by atoms with Crippen LogP contribution in [0.15, 0.2) is 17.2 Å². The maximum atomic E-state index is 12.4. The van der Waals surface area contributed by atoms with E-state index in [9.17, 15) is 8.42 Å². The van der Waals surface area contributed by atoms with Crippen LogP contribution in [0.4, 0.5) is 0 Å². The summed E-state index contributed by atoms with van der Waals surface area (Å²) >= 11 is 0. The number of nitrogens with zero attached hydrogens (tertiary/aromatic N) is 1. The van der Waals surface area contributed by atoms with Gasteiger partial charge in [-0.05, 0) is 31.7 Å². The molecule has 3 N–H and O–H groups in total. The predicted molar refractivity (Wildman–Crippen MR) is 81.4 cm³/mol. The Morgan fingerprint density at radius 3 is 2.67 bits per heavy atom. The summed E-state index contributed by atoms with van der Waals surface area (Å²) in [6.45, 7) is 3.47. The van der Waals surface area contributed by atoms with E-state index in [1.54, 1.807) is 19.4 Å². The molecule has 1 heterocycles. The summed E-state index contributed by atoms with van der Waals surface area (Å²) in [7, 11) is -1.88. The second-order valence-electron chi connectivity index (χ2n) is 5.63. The van der Waals surface area contributed by atoms with Crippen molar-refractivity contribution in [1.82, 2.24) is 9.29 Å². The number of nitrogens with two attached hydrogens (primary N) is 1. The van der Waals surface area contributed by atoms with Crippen molar-refractivity contribution in [2.75, 3.05) is 13.7 Å². The second-order valence-corrected chi connectivity index (χ2v) is 7.40. The molecule has 21 heavy (non-hydrogen) atoms. The lowest BCUT2D eigenvalue weighted by Gasteiger charge is -2.40. The molecule has 0 amide bonds. The Morgan fingerprint density at radius 2 is 2.19 bits per heavy atom. The van der Waals surface area contributed by atoms with Crippen LogP contribution in [0.2, 0.25) is 0 Å². The minimum absolute atomic E-state index is 0.280. The summed E-state index contributed by atoms with van der Waals surface area (Å²) in [4.78, 5) is 0.280. The quantitative estimate of drug-likeness (QED) is 0.755. The van der Waals surface area contributed by atoms with E-state index in [0.29, 0.717) is 13.1 Å². The van der Waals surface area contributed by atoms with Crippen LogP contribution >= 0.6 is 0 Å². The Hall–Kier alpha value is -0.890. The maximum Gasteiger partial charge on any atom is 0.242 e. The molecule has 0 atom stereocenters. The van der Waals surface area contributed by atoms with Crippen LogP contribution in [-0.4, -0.2) is 32.2 Å². The van der Waals surface area contributed by atoms with Gasteiger partial charge in [0, 0.05) is 38.6 Å². The summed E-state index contributed by atoms with van der Waals surface area (Å²) in [5.41, 5.74) is 6.19. The van der Waals surface area contributed by atoms with Gasteiger partial charge in [-0.25, -0.2) is 13.1 Å². The van der Waals surface area contributed by atoms with E-state index in [2.05, 4.69) is 4.72 Å². The van der Waals surface area contributed by atoms with Crippen LogP contribution in [0.1, 0.15) is 38.3 Å². The molecule has 0 aliphatic heterocycles. The number of nitrogens with one attached hydrogen (secondary N) is 1. The SMILES string of the molecule is CCCn1cc(S(=O)(=O)NCC2(OC)CCC2)cc1CN. The number of hydrogen-bond donors (Lipinski definition) is 2. The van der Waals surface area contributed by atoms with Crippen molar-refractivity contribution < 1.29 is 13.2 Å². The number of hydrogen-bond acceptors (Lipinski definition) is 4. The average Bonchev–Trinajstić information content (AvgIpc) is 2.82. The van der Waals surface area contributed by atoms with Crippen molar-refractivity contribution in [1.29, 1.82) is 0 Å². The topological polar surface area (TPSA) is 86.3 Å². The summed E-state index contributed by atoms with van der Waals surface area (Å²) < 4.78 is 34.8. The van der Waals surface area contributed by atoms with E-state index in [4.69, 9.17) is 10.5 Å². The Labute approximate surface area is 126 Å². The Bertz CT molecular complexity index is 571. The molecule has 1 saturated carbocycles.